The van der Waals surface area contributed by atoms with E-state index in [9.17, 15) is 14.4 Å². The van der Waals surface area contributed by atoms with E-state index in [-0.39, 0.29) is 11.4 Å². The lowest BCUT2D eigenvalue weighted by Crippen LogP contribution is -2.26. The van der Waals surface area contributed by atoms with Crippen LogP contribution in [0.4, 0.5) is 4.39 Å². The first kappa shape index (κ1) is 19.3. The molecule has 136 valence electrons. The van der Waals surface area contributed by atoms with Gasteiger partial charge in [0.1, 0.15) is 17.5 Å². The number of nitrogens with one attached hydrogen (secondary N) is 1. The van der Waals surface area contributed by atoms with Crippen LogP contribution in [-0.2, 0) is 9.53 Å². The van der Waals surface area contributed by atoms with Crippen molar-refractivity contribution in [1.29, 1.82) is 5.26 Å². The van der Waals surface area contributed by atoms with Gasteiger partial charge in [0.2, 0.25) is 0 Å². The molecule has 0 atom stereocenters. The minimum Gasteiger partial charge on any atom is -0.385 e. The first-order valence-corrected chi connectivity index (χ1v) is 8.19. The molecule has 1 aromatic heterocycles. The highest BCUT2D eigenvalue weighted by Crippen LogP contribution is 2.21. The first-order chi connectivity index (χ1) is 12.5. The summed E-state index contributed by atoms with van der Waals surface area (Å²) in [6.07, 6.45) is 2.20. The van der Waals surface area contributed by atoms with Crippen LogP contribution < -0.4 is 5.32 Å². The molecule has 0 fully saturated rings. The van der Waals surface area contributed by atoms with Crippen molar-refractivity contribution in [2.24, 2.45) is 0 Å². The Balaban J connectivity index is 2.27. The summed E-state index contributed by atoms with van der Waals surface area (Å²) < 4.78 is 19.7. The summed E-state index contributed by atoms with van der Waals surface area (Å²) in [7, 11) is 1.59. The van der Waals surface area contributed by atoms with Crippen LogP contribution in [0.3, 0.4) is 0 Å². The standard InChI is InChI=1S/C19H21FN4O2/c1-13-18(11-15(12-21)19(25)22-9-4-10-26-3)14(2)24(23-13)17-7-5-16(20)6-8-17/h5-8,11H,4,9-10H2,1-3H3,(H,22,25). The molecule has 1 N–H and O–H groups in total. The molecule has 0 saturated carbocycles. The van der Waals surface area contributed by atoms with E-state index in [0.717, 1.165) is 5.69 Å². The van der Waals surface area contributed by atoms with E-state index in [2.05, 4.69) is 10.4 Å². The number of carbonyl (C=O) groups excluding carboxylic acids is 1. The second-order valence-corrected chi connectivity index (χ2v) is 5.74. The Bertz CT molecular complexity index is 848. The van der Waals surface area contributed by atoms with Gasteiger partial charge < -0.3 is 10.1 Å². The molecular weight excluding hydrogens is 335 g/mol. The lowest BCUT2D eigenvalue weighted by atomic mass is 10.1. The van der Waals surface area contributed by atoms with Crippen molar-refractivity contribution in [1.82, 2.24) is 15.1 Å². The van der Waals surface area contributed by atoms with Gasteiger partial charge in [0.05, 0.1) is 11.4 Å². The molecule has 0 saturated heterocycles. The molecule has 0 spiro atoms. The monoisotopic (exact) mass is 356 g/mol. The average Bonchev–Trinajstić information content (AvgIpc) is 2.91. The lowest BCUT2D eigenvalue weighted by Gasteiger charge is -2.05. The van der Waals surface area contributed by atoms with Crippen molar-refractivity contribution in [3.8, 4) is 11.8 Å². The number of aromatic nitrogens is 2. The van der Waals surface area contributed by atoms with Crippen LogP contribution in [0.2, 0.25) is 0 Å². The van der Waals surface area contributed by atoms with Gasteiger partial charge in [-0.25, -0.2) is 9.07 Å². The Morgan fingerprint density at radius 3 is 2.69 bits per heavy atom. The molecule has 0 aliphatic carbocycles. The second kappa shape index (κ2) is 8.92. The molecule has 0 unspecified atom stereocenters. The topological polar surface area (TPSA) is 79.9 Å². The Labute approximate surface area is 151 Å². The van der Waals surface area contributed by atoms with E-state index in [1.165, 1.54) is 18.2 Å². The zero-order chi connectivity index (χ0) is 19.1. The number of rotatable bonds is 7. The summed E-state index contributed by atoms with van der Waals surface area (Å²) >= 11 is 0. The number of aryl methyl sites for hydroxylation is 1. The molecule has 2 rings (SSSR count). The zero-order valence-electron chi connectivity index (χ0n) is 15.0. The van der Waals surface area contributed by atoms with Crippen LogP contribution in [0.25, 0.3) is 11.8 Å². The third-order valence-electron chi connectivity index (χ3n) is 3.88. The molecule has 0 radical (unpaired) electrons. The fraction of sp³-hybridized carbons (Fsp3) is 0.316. The molecule has 26 heavy (non-hydrogen) atoms. The third-order valence-corrected chi connectivity index (χ3v) is 3.88. The lowest BCUT2D eigenvalue weighted by molar-refractivity contribution is -0.117. The van der Waals surface area contributed by atoms with Gasteiger partial charge in [-0.1, -0.05) is 0 Å². The van der Waals surface area contributed by atoms with Crippen LogP contribution in [-0.4, -0.2) is 35.9 Å². The van der Waals surface area contributed by atoms with Crippen molar-refractivity contribution in [3.05, 3.63) is 52.6 Å². The predicted octanol–water partition coefficient (Wildman–Crippen LogP) is 2.69. The normalized spacial score (nSPS) is 11.3. The number of ether oxygens (including phenoxy) is 1. The number of methoxy groups -OCH3 is 1. The maximum atomic E-state index is 13.1. The molecule has 6 nitrogen and oxygen atoms in total. The fourth-order valence-corrected chi connectivity index (χ4v) is 2.50. The summed E-state index contributed by atoms with van der Waals surface area (Å²) in [6, 6.07) is 7.89. The molecule has 1 aromatic carbocycles. The quantitative estimate of drug-likeness (QED) is 0.470. The molecule has 7 heteroatoms. The van der Waals surface area contributed by atoms with Gasteiger partial charge in [0.25, 0.3) is 5.91 Å². The maximum Gasteiger partial charge on any atom is 0.261 e. The smallest absolute Gasteiger partial charge is 0.261 e. The van der Waals surface area contributed by atoms with Crippen LogP contribution in [0, 0.1) is 31.0 Å². The zero-order valence-corrected chi connectivity index (χ0v) is 15.0. The van der Waals surface area contributed by atoms with E-state index < -0.39 is 5.91 Å². The minimum absolute atomic E-state index is 0.00673. The van der Waals surface area contributed by atoms with Gasteiger partial charge >= 0.3 is 0 Å². The predicted molar refractivity (Wildman–Crippen MR) is 96.1 cm³/mol. The molecule has 0 aliphatic heterocycles. The SMILES string of the molecule is COCCCNC(=O)C(C#N)=Cc1c(C)nn(-c2ccc(F)cc2)c1C. The maximum absolute atomic E-state index is 13.1. The number of hydrogen-bond donors (Lipinski definition) is 1. The summed E-state index contributed by atoms with van der Waals surface area (Å²) in [5.74, 6) is -0.760. The van der Waals surface area contributed by atoms with Gasteiger partial charge in [0, 0.05) is 31.5 Å². The van der Waals surface area contributed by atoms with Gasteiger partial charge in [0.15, 0.2) is 0 Å². The third kappa shape index (κ3) is 4.55. The van der Waals surface area contributed by atoms with Crippen LogP contribution >= 0.6 is 0 Å². The number of amides is 1. The van der Waals surface area contributed by atoms with E-state index in [0.29, 0.717) is 36.5 Å². The minimum atomic E-state index is -0.433. The van der Waals surface area contributed by atoms with E-state index >= 15 is 0 Å². The van der Waals surface area contributed by atoms with Gasteiger partial charge in [-0.3, -0.25) is 4.79 Å². The number of halogens is 1. The highest BCUT2D eigenvalue weighted by atomic mass is 19.1. The van der Waals surface area contributed by atoms with Crippen molar-refractivity contribution in [2.45, 2.75) is 20.3 Å². The summed E-state index contributed by atoms with van der Waals surface area (Å²) in [4.78, 5) is 12.2. The molecule has 0 aliphatic rings. The van der Waals surface area contributed by atoms with Crippen LogP contribution in [0.15, 0.2) is 29.8 Å². The van der Waals surface area contributed by atoms with E-state index in [4.69, 9.17) is 4.74 Å². The van der Waals surface area contributed by atoms with Crippen molar-refractivity contribution in [2.75, 3.05) is 20.3 Å². The Morgan fingerprint density at radius 1 is 1.38 bits per heavy atom. The largest absolute Gasteiger partial charge is 0.385 e. The number of hydrogen-bond acceptors (Lipinski definition) is 4. The molecule has 2 aromatic rings. The van der Waals surface area contributed by atoms with Crippen molar-refractivity contribution in [3.63, 3.8) is 0 Å². The number of carbonyl (C=O) groups is 1. The van der Waals surface area contributed by atoms with Gasteiger partial charge in [-0.05, 0) is 50.6 Å². The Morgan fingerprint density at radius 2 is 2.08 bits per heavy atom. The van der Waals surface area contributed by atoms with Crippen LogP contribution in [0.5, 0.6) is 0 Å². The number of nitriles is 1. The molecular formula is C19H21FN4O2. The number of benzene rings is 1. The van der Waals surface area contributed by atoms with Gasteiger partial charge in [-0.2, -0.15) is 10.4 Å². The highest BCUT2D eigenvalue weighted by Gasteiger charge is 2.15. The number of nitrogens with zero attached hydrogens (tertiary/aromatic N) is 3. The Hall–Kier alpha value is -2.98. The Kier molecular flexibility index (Phi) is 6.64. The van der Waals surface area contributed by atoms with Crippen molar-refractivity contribution >= 4 is 12.0 Å². The van der Waals surface area contributed by atoms with E-state index in [1.54, 1.807) is 30.8 Å². The first-order valence-electron chi connectivity index (χ1n) is 8.19. The molecule has 1 heterocycles. The molecule has 1 amide bonds. The van der Waals surface area contributed by atoms with Crippen LogP contribution in [0.1, 0.15) is 23.4 Å². The second-order valence-electron chi connectivity index (χ2n) is 5.74. The van der Waals surface area contributed by atoms with Crippen molar-refractivity contribution < 1.29 is 13.9 Å². The van der Waals surface area contributed by atoms with Gasteiger partial charge in [-0.15, -0.1) is 0 Å². The van der Waals surface area contributed by atoms with E-state index in [1.807, 2.05) is 13.0 Å². The highest BCUT2D eigenvalue weighted by molar-refractivity contribution is 6.01. The summed E-state index contributed by atoms with van der Waals surface area (Å²) in [6.45, 7) is 4.60. The summed E-state index contributed by atoms with van der Waals surface area (Å²) in [5, 5.41) is 16.5. The average molecular weight is 356 g/mol. The fourth-order valence-electron chi connectivity index (χ4n) is 2.50. The molecule has 0 bridgehead atoms. The summed E-state index contributed by atoms with van der Waals surface area (Å²) in [5.41, 5.74) is 2.83.